The van der Waals surface area contributed by atoms with E-state index in [0.29, 0.717) is 5.92 Å². The maximum atomic E-state index is 6.00. The number of rotatable bonds is 6. The summed E-state index contributed by atoms with van der Waals surface area (Å²) in [4.78, 5) is 9.38. The number of furan rings is 1. The smallest absolute Gasteiger partial charge is 0.193 e. The largest absolute Gasteiger partial charge is 0.497 e. The highest BCUT2D eigenvalue weighted by Crippen LogP contribution is 2.29. The molecule has 0 aliphatic carbocycles. The summed E-state index contributed by atoms with van der Waals surface area (Å²) in [6.45, 7) is 8.06. The van der Waals surface area contributed by atoms with Gasteiger partial charge in [0.05, 0.1) is 26.4 Å². The van der Waals surface area contributed by atoms with Gasteiger partial charge in [-0.15, -0.1) is 0 Å². The van der Waals surface area contributed by atoms with Crippen LogP contribution in [0.4, 0.5) is 0 Å². The van der Waals surface area contributed by atoms with Crippen LogP contribution in [0.1, 0.15) is 35.5 Å². The maximum Gasteiger partial charge on any atom is 0.193 e. The second-order valence-electron chi connectivity index (χ2n) is 8.25. The summed E-state index contributed by atoms with van der Waals surface area (Å²) in [7, 11) is 3.57. The number of hydrogen-bond acceptors (Lipinski definition) is 5. The van der Waals surface area contributed by atoms with Crippen LogP contribution in [0.15, 0.2) is 45.8 Å². The Kier molecular flexibility index (Phi) is 7.14. The molecule has 2 aliphatic rings. The highest BCUT2D eigenvalue weighted by Gasteiger charge is 2.29. The molecule has 168 valence electrons. The molecular weight excluding hydrogens is 392 g/mol. The summed E-state index contributed by atoms with van der Waals surface area (Å²) in [5.41, 5.74) is 1.36. The van der Waals surface area contributed by atoms with Crippen LogP contribution < -0.4 is 10.1 Å². The molecule has 2 unspecified atom stereocenters. The molecule has 0 spiro atoms. The van der Waals surface area contributed by atoms with E-state index in [0.717, 1.165) is 75.6 Å². The van der Waals surface area contributed by atoms with Gasteiger partial charge in [0.2, 0.25) is 0 Å². The average molecular weight is 427 g/mol. The van der Waals surface area contributed by atoms with Crippen LogP contribution in [0.5, 0.6) is 5.75 Å². The minimum atomic E-state index is 0.161. The molecule has 31 heavy (non-hydrogen) atoms. The zero-order chi connectivity index (χ0) is 21.6. The number of guanidine groups is 1. The molecule has 1 aromatic carbocycles. The van der Waals surface area contributed by atoms with E-state index in [2.05, 4.69) is 38.3 Å². The number of nitrogens with one attached hydrogen (secondary N) is 1. The number of morpholine rings is 1. The number of hydrogen-bond donors (Lipinski definition) is 1. The third kappa shape index (κ3) is 5.22. The Balaban J connectivity index is 1.39. The number of ether oxygens (including phenoxy) is 2. The van der Waals surface area contributed by atoms with Gasteiger partial charge in [0.25, 0.3) is 0 Å². The van der Waals surface area contributed by atoms with Crippen LogP contribution in [-0.2, 0) is 4.74 Å². The minimum Gasteiger partial charge on any atom is -0.497 e. The number of aliphatic imine (C=N–C) groups is 1. The van der Waals surface area contributed by atoms with Crippen LogP contribution in [0.25, 0.3) is 0 Å². The van der Waals surface area contributed by atoms with E-state index in [1.807, 2.05) is 32.2 Å². The normalized spacial score (nSPS) is 21.3. The maximum absolute atomic E-state index is 6.00. The number of benzene rings is 1. The first-order chi connectivity index (χ1) is 15.2. The fraction of sp³-hybridized carbons (Fsp3) is 0.542. The van der Waals surface area contributed by atoms with Gasteiger partial charge < -0.3 is 24.1 Å². The number of nitrogens with zero attached hydrogens (tertiary/aromatic N) is 3. The third-order valence-corrected chi connectivity index (χ3v) is 6.32. The molecule has 0 amide bonds. The van der Waals surface area contributed by atoms with Gasteiger partial charge >= 0.3 is 0 Å². The first-order valence-electron chi connectivity index (χ1n) is 11.2. The Morgan fingerprint density at radius 3 is 2.58 bits per heavy atom. The van der Waals surface area contributed by atoms with Crippen LogP contribution in [0.2, 0.25) is 0 Å². The second-order valence-corrected chi connectivity index (χ2v) is 8.25. The first-order valence-corrected chi connectivity index (χ1v) is 11.2. The van der Waals surface area contributed by atoms with E-state index in [1.54, 1.807) is 7.11 Å². The van der Waals surface area contributed by atoms with Gasteiger partial charge in [-0.05, 0) is 43.2 Å². The van der Waals surface area contributed by atoms with Crippen molar-refractivity contribution < 1.29 is 13.9 Å². The van der Waals surface area contributed by atoms with Crippen molar-refractivity contribution in [2.24, 2.45) is 4.99 Å². The monoisotopic (exact) mass is 426 g/mol. The molecule has 0 radical (unpaired) electrons. The number of methoxy groups -OCH3 is 1. The van der Waals surface area contributed by atoms with E-state index in [9.17, 15) is 0 Å². The predicted octanol–water partition coefficient (Wildman–Crippen LogP) is 3.03. The first kappa shape index (κ1) is 21.7. The lowest BCUT2D eigenvalue weighted by Gasteiger charge is -2.34. The lowest BCUT2D eigenvalue weighted by Crippen LogP contribution is -2.47. The minimum absolute atomic E-state index is 0.161. The van der Waals surface area contributed by atoms with Crippen LogP contribution in [-0.4, -0.2) is 75.9 Å². The number of likely N-dealkylation sites (tertiary alicyclic amines) is 1. The summed E-state index contributed by atoms with van der Waals surface area (Å²) in [5.74, 6) is 4.31. The fourth-order valence-electron chi connectivity index (χ4n) is 4.55. The Labute approximate surface area is 185 Å². The molecule has 1 aromatic heterocycles. The lowest BCUT2D eigenvalue weighted by atomic mass is 9.98. The fourth-order valence-corrected chi connectivity index (χ4v) is 4.55. The van der Waals surface area contributed by atoms with Crippen molar-refractivity contribution in [1.82, 2.24) is 15.1 Å². The highest BCUT2D eigenvalue weighted by atomic mass is 16.5. The summed E-state index contributed by atoms with van der Waals surface area (Å²) in [5, 5.41) is 3.62. The van der Waals surface area contributed by atoms with Crippen molar-refractivity contribution in [3.8, 4) is 5.75 Å². The zero-order valence-corrected chi connectivity index (χ0v) is 18.8. The molecule has 2 aliphatic heterocycles. The molecule has 2 saturated heterocycles. The van der Waals surface area contributed by atoms with Crippen LogP contribution in [0.3, 0.4) is 0 Å². The Bertz CT molecular complexity index is 858. The molecule has 2 atom stereocenters. The van der Waals surface area contributed by atoms with Crippen LogP contribution >= 0.6 is 0 Å². The van der Waals surface area contributed by atoms with E-state index in [-0.39, 0.29) is 6.04 Å². The number of aryl methyl sites for hydroxylation is 1. The van der Waals surface area contributed by atoms with Crippen molar-refractivity contribution in [1.29, 1.82) is 0 Å². The van der Waals surface area contributed by atoms with Gasteiger partial charge in [0.15, 0.2) is 5.96 Å². The van der Waals surface area contributed by atoms with Crippen molar-refractivity contribution in [2.75, 3.05) is 60.1 Å². The molecule has 7 heteroatoms. The van der Waals surface area contributed by atoms with Gasteiger partial charge in [0.1, 0.15) is 17.3 Å². The quantitative estimate of drug-likeness (QED) is 0.566. The predicted molar refractivity (Wildman–Crippen MR) is 122 cm³/mol. The van der Waals surface area contributed by atoms with Crippen molar-refractivity contribution >= 4 is 5.96 Å². The Hall–Kier alpha value is -2.51. The molecular formula is C24H34N4O3. The van der Waals surface area contributed by atoms with Crippen LogP contribution in [0, 0.1) is 6.92 Å². The Morgan fingerprint density at radius 2 is 1.94 bits per heavy atom. The summed E-state index contributed by atoms with van der Waals surface area (Å²) < 4.78 is 16.8. The molecule has 7 nitrogen and oxygen atoms in total. The summed E-state index contributed by atoms with van der Waals surface area (Å²) in [6, 6.07) is 12.7. The topological polar surface area (TPSA) is 62.5 Å². The molecule has 0 bridgehead atoms. The molecule has 2 fully saturated rings. The SMILES string of the molecule is CN=C(NCC(c1ccc(C)o1)N1CCOCC1)N1CCC(c2ccc(OC)cc2)C1. The van der Waals surface area contributed by atoms with E-state index < -0.39 is 0 Å². The van der Waals surface area contributed by atoms with E-state index in [4.69, 9.17) is 13.9 Å². The zero-order valence-electron chi connectivity index (χ0n) is 18.8. The molecule has 4 rings (SSSR count). The van der Waals surface area contributed by atoms with Crippen molar-refractivity contribution in [3.05, 3.63) is 53.5 Å². The highest BCUT2D eigenvalue weighted by molar-refractivity contribution is 5.80. The lowest BCUT2D eigenvalue weighted by molar-refractivity contribution is 0.0123. The van der Waals surface area contributed by atoms with Gasteiger partial charge in [-0.25, -0.2) is 0 Å². The molecule has 0 saturated carbocycles. The molecule has 2 aromatic rings. The van der Waals surface area contributed by atoms with Gasteiger partial charge in [-0.2, -0.15) is 0 Å². The molecule has 3 heterocycles. The summed E-state index contributed by atoms with van der Waals surface area (Å²) in [6.07, 6.45) is 1.12. The van der Waals surface area contributed by atoms with E-state index in [1.165, 1.54) is 5.56 Å². The molecule has 1 N–H and O–H groups in total. The third-order valence-electron chi connectivity index (χ3n) is 6.32. The van der Waals surface area contributed by atoms with E-state index >= 15 is 0 Å². The average Bonchev–Trinajstić information content (AvgIpc) is 3.47. The van der Waals surface area contributed by atoms with Crippen molar-refractivity contribution in [3.63, 3.8) is 0 Å². The Morgan fingerprint density at radius 1 is 1.16 bits per heavy atom. The standard InChI is InChI=1S/C24H34N4O3/c1-18-4-9-23(31-18)22(27-12-14-30-15-13-27)16-26-24(25-2)28-11-10-20(17-28)19-5-7-21(29-3)8-6-19/h4-9,20,22H,10-17H2,1-3H3,(H,25,26). The van der Waals surface area contributed by atoms with Gasteiger partial charge in [-0.1, -0.05) is 12.1 Å². The van der Waals surface area contributed by atoms with Gasteiger partial charge in [-0.3, -0.25) is 9.89 Å². The summed E-state index contributed by atoms with van der Waals surface area (Å²) >= 11 is 0. The van der Waals surface area contributed by atoms with Gasteiger partial charge in [0, 0.05) is 45.7 Å². The van der Waals surface area contributed by atoms with Crippen molar-refractivity contribution in [2.45, 2.75) is 25.3 Å². The second kappa shape index (κ2) is 10.2.